The maximum atomic E-state index is 13.0. The van der Waals surface area contributed by atoms with E-state index in [1.54, 1.807) is 0 Å². The molecule has 67 heavy (non-hydrogen) atoms. The van der Waals surface area contributed by atoms with E-state index in [0.717, 1.165) is 77.0 Å². The van der Waals surface area contributed by atoms with Crippen molar-refractivity contribution in [2.24, 2.45) is 0 Å². The Kier molecular flexibility index (Phi) is 35.1. The van der Waals surface area contributed by atoms with Crippen molar-refractivity contribution >= 4 is 11.9 Å². The summed E-state index contributed by atoms with van der Waals surface area (Å²) in [5, 5.41) is 72.0. The van der Waals surface area contributed by atoms with Crippen LogP contribution in [0, 0.1) is 0 Å². The first kappa shape index (κ1) is 60.3. The molecule has 0 bridgehead atoms. The van der Waals surface area contributed by atoms with Gasteiger partial charge in [0.15, 0.2) is 18.7 Å². The normalized spacial score (nSPS) is 26.5. The van der Waals surface area contributed by atoms with Gasteiger partial charge in [-0.05, 0) is 57.8 Å². The molecule has 11 atom stereocenters. The van der Waals surface area contributed by atoms with Gasteiger partial charge < -0.3 is 64.2 Å². The molecule has 2 rings (SSSR count). The van der Waals surface area contributed by atoms with Crippen LogP contribution in [0.4, 0.5) is 0 Å². The number of carbonyl (C=O) groups is 2. The maximum Gasteiger partial charge on any atom is 0.306 e. The van der Waals surface area contributed by atoms with Crippen molar-refractivity contribution < 1.29 is 73.8 Å². The third kappa shape index (κ3) is 27.3. The summed E-state index contributed by atoms with van der Waals surface area (Å²) in [7, 11) is 0. The number of unbranched alkanes of at least 4 members (excludes halogenated alkanes) is 17. The van der Waals surface area contributed by atoms with Gasteiger partial charge in [-0.1, -0.05) is 152 Å². The summed E-state index contributed by atoms with van der Waals surface area (Å²) in [6.07, 6.45) is 26.8. The van der Waals surface area contributed by atoms with E-state index in [1.807, 2.05) is 24.3 Å². The van der Waals surface area contributed by atoms with Crippen LogP contribution in [0.25, 0.3) is 0 Å². The first-order chi connectivity index (χ1) is 32.5. The molecule has 0 radical (unpaired) electrons. The van der Waals surface area contributed by atoms with Gasteiger partial charge >= 0.3 is 11.9 Å². The minimum absolute atomic E-state index is 0.136. The monoisotopic (exact) mass is 953 g/mol. The van der Waals surface area contributed by atoms with Gasteiger partial charge in [0.2, 0.25) is 0 Å². The Morgan fingerprint density at radius 2 is 0.940 bits per heavy atom. The van der Waals surface area contributed by atoms with Crippen LogP contribution < -0.4 is 0 Å². The summed E-state index contributed by atoms with van der Waals surface area (Å²) in [5.41, 5.74) is 0. The second-order valence-electron chi connectivity index (χ2n) is 17.7. The lowest BCUT2D eigenvalue weighted by molar-refractivity contribution is -0.332. The summed E-state index contributed by atoms with van der Waals surface area (Å²) < 4.78 is 33.5. The van der Waals surface area contributed by atoms with Crippen LogP contribution in [-0.4, -0.2) is 142 Å². The highest BCUT2D eigenvalue weighted by atomic mass is 16.7. The van der Waals surface area contributed by atoms with Crippen LogP contribution in [0.1, 0.15) is 162 Å². The van der Waals surface area contributed by atoms with E-state index >= 15 is 0 Å². The summed E-state index contributed by atoms with van der Waals surface area (Å²) in [5.74, 6) is -0.971. The van der Waals surface area contributed by atoms with Crippen molar-refractivity contribution in [3.8, 4) is 0 Å². The molecule has 5 unspecified atom stereocenters. The zero-order chi connectivity index (χ0) is 48.9. The van der Waals surface area contributed by atoms with E-state index < -0.39 is 99.3 Å². The molecule has 2 saturated heterocycles. The van der Waals surface area contributed by atoms with Gasteiger partial charge in [-0.3, -0.25) is 9.59 Å². The molecule has 7 N–H and O–H groups in total. The van der Waals surface area contributed by atoms with Crippen molar-refractivity contribution in [3.05, 3.63) is 60.8 Å². The quantitative estimate of drug-likeness (QED) is 0.0190. The molecule has 0 aromatic rings. The van der Waals surface area contributed by atoms with Gasteiger partial charge in [0, 0.05) is 12.8 Å². The number of allylic oxidation sites excluding steroid dienone is 10. The number of aliphatic hydroxyl groups excluding tert-OH is 7. The van der Waals surface area contributed by atoms with Gasteiger partial charge in [0.05, 0.1) is 19.8 Å². The molecule has 0 saturated carbocycles. The Morgan fingerprint density at radius 1 is 0.493 bits per heavy atom. The third-order valence-corrected chi connectivity index (χ3v) is 11.8. The summed E-state index contributed by atoms with van der Waals surface area (Å²) >= 11 is 0. The second kappa shape index (κ2) is 39.0. The average Bonchev–Trinajstić information content (AvgIpc) is 3.32. The van der Waals surface area contributed by atoms with Gasteiger partial charge in [-0.2, -0.15) is 0 Å². The van der Waals surface area contributed by atoms with Crippen molar-refractivity contribution in [1.82, 2.24) is 0 Å². The molecular formula is C52H88O15. The fourth-order valence-corrected chi connectivity index (χ4v) is 7.62. The molecule has 0 spiro atoms. The minimum atomic E-state index is -1.77. The van der Waals surface area contributed by atoms with E-state index in [-0.39, 0.29) is 19.4 Å². The standard InChI is InChI=1S/C52H88O15/c1-3-5-7-9-11-13-15-17-18-19-20-21-23-24-26-28-30-32-34-43(54)62-37-40(65-44(55)35-33-31-29-27-25-22-16-14-12-10-8-6-4-2)38-63-51-50(61)48(59)46(57)42(67-51)39-64-52-49(60)47(58)45(56)41(36-53)66-52/h6,8,10,12,14,16,18-21,40-42,45-53,56-61H,3-5,7,9,11,13,15,17,22-39H2,1-2H3/b8-6+,12-10+,16-14+,19-18+,21-20+/t40?,41-,42-,45+,46+,47?,48?,49?,50?,51-,52-/m1/s1. The van der Waals surface area contributed by atoms with Crippen LogP contribution >= 0.6 is 0 Å². The van der Waals surface area contributed by atoms with E-state index in [2.05, 4.69) is 50.3 Å². The van der Waals surface area contributed by atoms with E-state index in [0.29, 0.717) is 12.8 Å². The van der Waals surface area contributed by atoms with Crippen LogP contribution in [-0.2, 0) is 38.0 Å². The van der Waals surface area contributed by atoms with Crippen LogP contribution in [0.5, 0.6) is 0 Å². The molecule has 0 aromatic heterocycles. The number of ether oxygens (including phenoxy) is 6. The third-order valence-electron chi connectivity index (χ3n) is 11.8. The van der Waals surface area contributed by atoms with Crippen molar-refractivity contribution in [1.29, 1.82) is 0 Å². The lowest BCUT2D eigenvalue weighted by atomic mass is 9.98. The molecule has 386 valence electrons. The lowest BCUT2D eigenvalue weighted by Gasteiger charge is -2.42. The molecule has 2 heterocycles. The van der Waals surface area contributed by atoms with Gasteiger partial charge in [0.25, 0.3) is 0 Å². The van der Waals surface area contributed by atoms with E-state index in [1.165, 1.54) is 44.9 Å². The first-order valence-corrected chi connectivity index (χ1v) is 25.4. The zero-order valence-corrected chi connectivity index (χ0v) is 40.6. The lowest BCUT2D eigenvalue weighted by Crippen LogP contribution is -2.61. The van der Waals surface area contributed by atoms with Crippen molar-refractivity contribution in [3.63, 3.8) is 0 Å². The van der Waals surface area contributed by atoms with Crippen LogP contribution in [0.15, 0.2) is 60.8 Å². The Labute approximate surface area is 400 Å². The number of esters is 2. The Morgan fingerprint density at radius 3 is 1.48 bits per heavy atom. The fraction of sp³-hybridized carbons (Fsp3) is 0.769. The van der Waals surface area contributed by atoms with Crippen LogP contribution in [0.2, 0.25) is 0 Å². The highest BCUT2D eigenvalue weighted by Crippen LogP contribution is 2.26. The van der Waals surface area contributed by atoms with Gasteiger partial charge in [-0.15, -0.1) is 0 Å². The number of carbonyl (C=O) groups excluding carboxylic acids is 2. The molecular weight excluding hydrogens is 865 g/mol. The van der Waals surface area contributed by atoms with Crippen molar-refractivity contribution in [2.75, 3.05) is 26.4 Å². The van der Waals surface area contributed by atoms with E-state index in [9.17, 15) is 45.3 Å². The highest BCUT2D eigenvalue weighted by Gasteiger charge is 2.47. The predicted octanol–water partition coefficient (Wildman–Crippen LogP) is 6.88. The molecule has 2 fully saturated rings. The molecule has 2 aliphatic rings. The number of hydrogen-bond acceptors (Lipinski definition) is 15. The largest absolute Gasteiger partial charge is 0.462 e. The Bertz CT molecular complexity index is 1400. The van der Waals surface area contributed by atoms with Gasteiger partial charge in [-0.25, -0.2) is 0 Å². The molecule has 2 aliphatic heterocycles. The van der Waals surface area contributed by atoms with Gasteiger partial charge in [0.1, 0.15) is 55.4 Å². The van der Waals surface area contributed by atoms with Crippen LogP contribution in [0.3, 0.4) is 0 Å². The topological polar surface area (TPSA) is 231 Å². The average molecular weight is 953 g/mol. The first-order valence-electron chi connectivity index (χ1n) is 25.4. The van der Waals surface area contributed by atoms with Crippen molar-refractivity contribution in [2.45, 2.75) is 229 Å². The summed E-state index contributed by atoms with van der Waals surface area (Å²) in [6.45, 7) is 2.40. The molecule has 15 nitrogen and oxygen atoms in total. The molecule has 0 aliphatic carbocycles. The smallest absolute Gasteiger partial charge is 0.306 e. The number of rotatable bonds is 38. The SMILES string of the molecule is CC/C=C/C=C/C=C/CCCCCCCC(=O)OC(COC(=O)CCCCCCC/C=C/C=C/CCCCCCCCC)CO[C@@H]1O[C@H](CO[C@@H]2O[C@H](CO)[C@H](O)C(O)C2O)[C@H](O)C(O)C1O. The molecule has 15 heteroatoms. The molecule has 0 aromatic carbocycles. The summed E-state index contributed by atoms with van der Waals surface area (Å²) in [4.78, 5) is 25.7. The van der Waals surface area contributed by atoms with E-state index in [4.69, 9.17) is 28.4 Å². The molecule has 0 amide bonds. The maximum absolute atomic E-state index is 13.0. The fourth-order valence-electron chi connectivity index (χ4n) is 7.62. The predicted molar refractivity (Wildman–Crippen MR) is 256 cm³/mol. The minimum Gasteiger partial charge on any atom is -0.462 e. The second-order valence-corrected chi connectivity index (χ2v) is 17.7. The Balaban J connectivity index is 1.82. The zero-order valence-electron chi connectivity index (χ0n) is 40.6. The Hall–Kier alpha value is -2.80. The highest BCUT2D eigenvalue weighted by molar-refractivity contribution is 5.70. The number of aliphatic hydroxyl groups is 7. The number of hydrogen-bond donors (Lipinski definition) is 7. The summed E-state index contributed by atoms with van der Waals surface area (Å²) in [6, 6.07) is 0.